The minimum atomic E-state index is -0.517. The van der Waals surface area contributed by atoms with Crippen LogP contribution in [0.25, 0.3) is 0 Å². The average molecular weight is 237 g/mol. The molecule has 0 saturated carbocycles. The lowest BCUT2D eigenvalue weighted by molar-refractivity contribution is 0.509. The van der Waals surface area contributed by atoms with Crippen molar-refractivity contribution in [2.24, 2.45) is 0 Å². The Balaban J connectivity index is 3.07. The van der Waals surface area contributed by atoms with Crippen LogP contribution >= 0.6 is 0 Å². The van der Waals surface area contributed by atoms with Crippen molar-refractivity contribution in [1.82, 2.24) is 5.32 Å². The maximum absolute atomic E-state index is 13.7. The van der Waals surface area contributed by atoms with E-state index in [1.54, 1.807) is 19.9 Å². The molecule has 0 aliphatic heterocycles. The Labute approximate surface area is 101 Å². The molecule has 1 atom stereocenters. The summed E-state index contributed by atoms with van der Waals surface area (Å²) >= 11 is 0. The van der Waals surface area contributed by atoms with E-state index in [9.17, 15) is 8.78 Å². The lowest BCUT2D eigenvalue weighted by Crippen LogP contribution is -2.21. The van der Waals surface area contributed by atoms with Crippen LogP contribution in [0.1, 0.15) is 37.4 Å². The van der Waals surface area contributed by atoms with E-state index in [1.165, 1.54) is 0 Å². The third-order valence-corrected chi connectivity index (χ3v) is 2.59. The second-order valence-corrected chi connectivity index (χ2v) is 3.86. The van der Waals surface area contributed by atoms with Gasteiger partial charge in [-0.1, -0.05) is 6.92 Å². The molecule has 1 rings (SSSR count). The first-order valence-corrected chi connectivity index (χ1v) is 5.68. The van der Waals surface area contributed by atoms with Crippen molar-refractivity contribution in [2.45, 2.75) is 33.2 Å². The molecular weight excluding hydrogens is 220 g/mol. The number of aryl methyl sites for hydroxylation is 1. The lowest BCUT2D eigenvalue weighted by Gasteiger charge is -2.17. The van der Waals surface area contributed by atoms with Crippen molar-refractivity contribution in [2.75, 3.05) is 6.54 Å². The molecule has 0 aliphatic carbocycles. The zero-order valence-electron chi connectivity index (χ0n) is 10.4. The summed E-state index contributed by atoms with van der Waals surface area (Å²) in [4.78, 5) is 0. The van der Waals surface area contributed by atoms with Gasteiger partial charge in [-0.05, 0) is 32.0 Å². The number of halogens is 2. The van der Waals surface area contributed by atoms with E-state index in [0.29, 0.717) is 24.1 Å². The topological polar surface area (TPSA) is 12.0 Å². The Morgan fingerprint density at radius 1 is 1.29 bits per heavy atom. The van der Waals surface area contributed by atoms with Gasteiger partial charge in [-0.15, -0.1) is 11.8 Å². The average Bonchev–Trinajstić information content (AvgIpc) is 2.29. The molecule has 0 heterocycles. The number of hydrogen-bond donors (Lipinski definition) is 1. The van der Waals surface area contributed by atoms with E-state index in [4.69, 9.17) is 0 Å². The van der Waals surface area contributed by atoms with Crippen molar-refractivity contribution in [3.63, 3.8) is 0 Å². The lowest BCUT2D eigenvalue weighted by atomic mass is 10.0. The van der Waals surface area contributed by atoms with Gasteiger partial charge in [0.25, 0.3) is 0 Å². The number of nitrogens with one attached hydrogen (secondary N) is 1. The van der Waals surface area contributed by atoms with Crippen molar-refractivity contribution < 1.29 is 8.78 Å². The van der Waals surface area contributed by atoms with Gasteiger partial charge >= 0.3 is 0 Å². The highest BCUT2D eigenvalue weighted by atomic mass is 19.1. The molecule has 17 heavy (non-hydrogen) atoms. The van der Waals surface area contributed by atoms with Gasteiger partial charge < -0.3 is 5.32 Å². The smallest absolute Gasteiger partial charge is 0.130 e. The van der Waals surface area contributed by atoms with Crippen LogP contribution in [0.5, 0.6) is 0 Å². The minimum Gasteiger partial charge on any atom is -0.309 e. The van der Waals surface area contributed by atoms with Gasteiger partial charge in [0.15, 0.2) is 0 Å². The predicted molar refractivity (Wildman–Crippen MR) is 65.6 cm³/mol. The highest BCUT2D eigenvalue weighted by Gasteiger charge is 2.15. The summed E-state index contributed by atoms with van der Waals surface area (Å²) in [5.74, 6) is 4.68. The largest absolute Gasteiger partial charge is 0.309 e. The Bertz CT molecular complexity index is 444. The highest BCUT2D eigenvalue weighted by Crippen LogP contribution is 2.23. The summed E-state index contributed by atoms with van der Waals surface area (Å²) in [6.07, 6.45) is 0.520. The van der Waals surface area contributed by atoms with Gasteiger partial charge in [0.1, 0.15) is 11.6 Å². The van der Waals surface area contributed by atoms with E-state index < -0.39 is 11.6 Å². The third kappa shape index (κ3) is 3.54. The van der Waals surface area contributed by atoms with E-state index in [2.05, 4.69) is 17.2 Å². The standard InChI is InChI=1S/C14H17F2N/c1-4-6-7-14(17-5-2)11-8-10(3)12(15)9-13(11)16/h8-9,14,17H,5,7H2,1-3H3. The van der Waals surface area contributed by atoms with Crippen LogP contribution in [0, 0.1) is 30.4 Å². The molecule has 1 unspecified atom stereocenters. The molecular formula is C14H17F2N. The number of benzene rings is 1. The second-order valence-electron chi connectivity index (χ2n) is 3.86. The molecule has 0 bridgehead atoms. The van der Waals surface area contributed by atoms with E-state index in [1.807, 2.05) is 6.92 Å². The van der Waals surface area contributed by atoms with E-state index in [-0.39, 0.29) is 6.04 Å². The van der Waals surface area contributed by atoms with Crippen LogP contribution in [-0.2, 0) is 0 Å². The van der Waals surface area contributed by atoms with Gasteiger partial charge in [0.05, 0.1) is 0 Å². The van der Waals surface area contributed by atoms with E-state index in [0.717, 1.165) is 6.07 Å². The summed E-state index contributed by atoms with van der Waals surface area (Å²) in [6, 6.07) is 2.30. The van der Waals surface area contributed by atoms with Crippen molar-refractivity contribution in [3.8, 4) is 11.8 Å². The summed E-state index contributed by atoms with van der Waals surface area (Å²) in [5, 5.41) is 3.16. The Hall–Kier alpha value is -1.40. The van der Waals surface area contributed by atoms with Crippen LogP contribution in [-0.4, -0.2) is 6.54 Å². The van der Waals surface area contributed by atoms with Gasteiger partial charge in [-0.3, -0.25) is 0 Å². The molecule has 1 N–H and O–H groups in total. The fourth-order valence-corrected chi connectivity index (χ4v) is 1.69. The Morgan fingerprint density at radius 2 is 2.00 bits per heavy atom. The Morgan fingerprint density at radius 3 is 2.59 bits per heavy atom. The van der Waals surface area contributed by atoms with Gasteiger partial charge in [-0.25, -0.2) is 8.78 Å². The maximum Gasteiger partial charge on any atom is 0.130 e. The summed E-state index contributed by atoms with van der Waals surface area (Å²) in [5.41, 5.74) is 0.933. The molecule has 3 heteroatoms. The van der Waals surface area contributed by atoms with Crippen molar-refractivity contribution >= 4 is 0 Å². The molecule has 0 spiro atoms. The predicted octanol–water partition coefficient (Wildman–Crippen LogP) is 3.34. The second kappa shape index (κ2) is 6.36. The van der Waals surface area contributed by atoms with Gasteiger partial charge in [0.2, 0.25) is 0 Å². The molecule has 0 aromatic heterocycles. The third-order valence-electron chi connectivity index (χ3n) is 2.59. The van der Waals surface area contributed by atoms with Crippen LogP contribution in [0.2, 0.25) is 0 Å². The first kappa shape index (κ1) is 13.7. The molecule has 0 saturated heterocycles. The zero-order valence-corrected chi connectivity index (χ0v) is 10.4. The molecule has 0 fully saturated rings. The normalized spacial score (nSPS) is 11.8. The van der Waals surface area contributed by atoms with Gasteiger partial charge in [-0.2, -0.15) is 0 Å². The number of hydrogen-bond acceptors (Lipinski definition) is 1. The summed E-state index contributed by atoms with van der Waals surface area (Å²) < 4.78 is 26.9. The first-order chi connectivity index (χ1) is 8.10. The summed E-state index contributed by atoms with van der Waals surface area (Å²) in [6.45, 7) is 6.04. The monoisotopic (exact) mass is 237 g/mol. The Kier molecular flexibility index (Phi) is 5.11. The molecule has 0 amide bonds. The highest BCUT2D eigenvalue weighted by molar-refractivity contribution is 5.29. The van der Waals surface area contributed by atoms with Crippen LogP contribution < -0.4 is 5.32 Å². The summed E-state index contributed by atoms with van der Waals surface area (Å²) in [7, 11) is 0. The van der Waals surface area contributed by atoms with E-state index >= 15 is 0 Å². The van der Waals surface area contributed by atoms with Crippen LogP contribution in [0.3, 0.4) is 0 Å². The van der Waals surface area contributed by atoms with Crippen molar-refractivity contribution in [3.05, 3.63) is 34.9 Å². The van der Waals surface area contributed by atoms with Crippen LogP contribution in [0.4, 0.5) is 8.78 Å². The molecule has 92 valence electrons. The number of rotatable bonds is 4. The minimum absolute atomic E-state index is 0.188. The fraction of sp³-hybridized carbons (Fsp3) is 0.429. The SMILES string of the molecule is CC#CCC(NCC)c1cc(C)c(F)cc1F. The quantitative estimate of drug-likeness (QED) is 0.792. The molecule has 1 aromatic rings. The zero-order chi connectivity index (χ0) is 12.8. The van der Waals surface area contributed by atoms with Gasteiger partial charge in [0, 0.05) is 24.1 Å². The maximum atomic E-state index is 13.7. The van der Waals surface area contributed by atoms with Crippen molar-refractivity contribution in [1.29, 1.82) is 0 Å². The van der Waals surface area contributed by atoms with Crippen LogP contribution in [0.15, 0.2) is 12.1 Å². The first-order valence-electron chi connectivity index (χ1n) is 5.68. The molecule has 0 radical (unpaired) electrons. The fourth-order valence-electron chi connectivity index (χ4n) is 1.69. The molecule has 1 aromatic carbocycles. The molecule has 1 nitrogen and oxygen atoms in total. The molecule has 0 aliphatic rings.